The molecule has 1 aromatic rings. The molecule has 0 atom stereocenters. The first-order valence-electron chi connectivity index (χ1n) is 4.69. The predicted molar refractivity (Wildman–Crippen MR) is 52.2 cm³/mol. The van der Waals surface area contributed by atoms with Crippen molar-refractivity contribution in [3.8, 4) is 0 Å². The number of carboxylic acid groups (broad SMARTS) is 1. The van der Waals surface area contributed by atoms with Crippen LogP contribution in [0.5, 0.6) is 0 Å². The number of hydrogen-bond donors (Lipinski definition) is 2. The van der Waals surface area contributed by atoms with E-state index in [2.05, 4.69) is 10.3 Å². The zero-order chi connectivity index (χ0) is 10.6. The van der Waals surface area contributed by atoms with Gasteiger partial charge in [0.05, 0.1) is 6.54 Å². The molecule has 0 bridgehead atoms. The third-order valence-corrected chi connectivity index (χ3v) is 1.95. The largest absolute Gasteiger partial charge is 0.476 e. The van der Waals surface area contributed by atoms with Crippen molar-refractivity contribution < 1.29 is 9.90 Å². The molecule has 78 valence electrons. The summed E-state index contributed by atoms with van der Waals surface area (Å²) in [5.74, 6) is -0.207. The highest BCUT2D eigenvalue weighted by Crippen LogP contribution is 2.03. The van der Waals surface area contributed by atoms with E-state index >= 15 is 0 Å². The minimum Gasteiger partial charge on any atom is -0.476 e. The van der Waals surface area contributed by atoms with Crippen LogP contribution < -0.4 is 5.32 Å². The number of carboxylic acids is 1. The lowest BCUT2D eigenvalue weighted by Gasteiger charge is -2.03. The molecule has 1 heterocycles. The molecular formula is C9H15N3O2. The second kappa shape index (κ2) is 4.76. The van der Waals surface area contributed by atoms with Crippen LogP contribution in [0.1, 0.15) is 30.2 Å². The van der Waals surface area contributed by atoms with Gasteiger partial charge in [0, 0.05) is 12.7 Å². The van der Waals surface area contributed by atoms with E-state index < -0.39 is 5.97 Å². The third-order valence-electron chi connectivity index (χ3n) is 1.95. The summed E-state index contributed by atoms with van der Waals surface area (Å²) in [5.41, 5.74) is 0.111. The quantitative estimate of drug-likeness (QED) is 0.729. The maximum Gasteiger partial charge on any atom is 0.356 e. The van der Waals surface area contributed by atoms with E-state index in [-0.39, 0.29) is 5.69 Å². The fourth-order valence-electron chi connectivity index (χ4n) is 1.21. The molecule has 1 aromatic heterocycles. The molecule has 0 spiro atoms. The fraction of sp³-hybridized carbons (Fsp3) is 0.556. The van der Waals surface area contributed by atoms with Crippen molar-refractivity contribution in [1.29, 1.82) is 0 Å². The van der Waals surface area contributed by atoms with E-state index in [4.69, 9.17) is 5.11 Å². The van der Waals surface area contributed by atoms with Gasteiger partial charge in [0.2, 0.25) is 0 Å². The van der Waals surface area contributed by atoms with Crippen LogP contribution in [0.2, 0.25) is 0 Å². The number of nitrogens with zero attached hydrogens (tertiary/aromatic N) is 2. The normalized spacial score (nSPS) is 10.4. The van der Waals surface area contributed by atoms with Gasteiger partial charge in [0.25, 0.3) is 0 Å². The Kier molecular flexibility index (Phi) is 3.64. The van der Waals surface area contributed by atoms with Gasteiger partial charge in [0.15, 0.2) is 5.69 Å². The Hall–Kier alpha value is -1.36. The van der Waals surface area contributed by atoms with Crippen LogP contribution in [0.3, 0.4) is 0 Å². The van der Waals surface area contributed by atoms with Crippen molar-refractivity contribution in [2.45, 2.75) is 26.9 Å². The first-order valence-corrected chi connectivity index (χ1v) is 4.69. The molecule has 0 saturated carbocycles. The molecule has 0 aromatic carbocycles. The summed E-state index contributed by atoms with van der Waals surface area (Å²) in [5, 5.41) is 11.9. The van der Waals surface area contributed by atoms with Crippen molar-refractivity contribution in [3.63, 3.8) is 0 Å². The smallest absolute Gasteiger partial charge is 0.356 e. The standard InChI is InChI=1S/C9H15N3O2/c1-3-10-5-8-11-7(9(13)14)6-12(8)4-2/h6,10H,3-5H2,1-2H3,(H,13,14). The summed E-state index contributed by atoms with van der Waals surface area (Å²) in [7, 11) is 0. The van der Waals surface area contributed by atoms with Crippen molar-refractivity contribution >= 4 is 5.97 Å². The van der Waals surface area contributed by atoms with Gasteiger partial charge >= 0.3 is 5.97 Å². The lowest BCUT2D eigenvalue weighted by Crippen LogP contribution is -2.15. The topological polar surface area (TPSA) is 67.2 Å². The van der Waals surface area contributed by atoms with Crippen LogP contribution in [0.25, 0.3) is 0 Å². The van der Waals surface area contributed by atoms with Gasteiger partial charge in [-0.25, -0.2) is 9.78 Å². The Morgan fingerprint density at radius 2 is 2.36 bits per heavy atom. The van der Waals surface area contributed by atoms with E-state index in [1.165, 1.54) is 0 Å². The molecule has 5 nitrogen and oxygen atoms in total. The summed E-state index contributed by atoms with van der Waals surface area (Å²) >= 11 is 0. The molecule has 0 aliphatic carbocycles. The van der Waals surface area contributed by atoms with Crippen LogP contribution in [-0.2, 0) is 13.1 Å². The van der Waals surface area contributed by atoms with Crippen molar-refractivity contribution in [1.82, 2.24) is 14.9 Å². The molecular weight excluding hydrogens is 182 g/mol. The highest BCUT2D eigenvalue weighted by atomic mass is 16.4. The number of rotatable bonds is 5. The number of aromatic nitrogens is 2. The monoisotopic (exact) mass is 197 g/mol. The van der Waals surface area contributed by atoms with Gasteiger partial charge in [-0.1, -0.05) is 6.92 Å². The molecule has 0 radical (unpaired) electrons. The Bertz CT molecular complexity index is 320. The van der Waals surface area contributed by atoms with Gasteiger partial charge in [-0.15, -0.1) is 0 Å². The van der Waals surface area contributed by atoms with Crippen LogP contribution in [0.15, 0.2) is 6.20 Å². The molecule has 0 amide bonds. The first-order chi connectivity index (χ1) is 6.69. The van der Waals surface area contributed by atoms with E-state index in [1.54, 1.807) is 6.20 Å². The Balaban J connectivity index is 2.85. The Morgan fingerprint density at radius 1 is 1.64 bits per heavy atom. The minimum atomic E-state index is -0.977. The molecule has 0 aliphatic rings. The number of nitrogens with one attached hydrogen (secondary N) is 1. The number of hydrogen-bond acceptors (Lipinski definition) is 3. The van der Waals surface area contributed by atoms with Crippen molar-refractivity contribution in [2.75, 3.05) is 6.54 Å². The van der Waals surface area contributed by atoms with E-state index in [9.17, 15) is 4.79 Å². The van der Waals surface area contributed by atoms with Crippen molar-refractivity contribution in [2.24, 2.45) is 0 Å². The lowest BCUT2D eigenvalue weighted by molar-refractivity contribution is 0.0691. The minimum absolute atomic E-state index is 0.111. The first kappa shape index (κ1) is 10.7. The van der Waals surface area contributed by atoms with Crippen LogP contribution in [0.4, 0.5) is 0 Å². The Morgan fingerprint density at radius 3 is 2.86 bits per heavy atom. The SMILES string of the molecule is CCNCc1nc(C(=O)O)cn1CC. The number of carbonyl (C=O) groups is 1. The summed E-state index contributed by atoms with van der Waals surface area (Å²) in [6.07, 6.45) is 1.56. The van der Waals surface area contributed by atoms with Crippen molar-refractivity contribution in [3.05, 3.63) is 17.7 Å². The summed E-state index contributed by atoms with van der Waals surface area (Å²) < 4.78 is 1.84. The number of aryl methyl sites for hydroxylation is 1. The fourth-order valence-corrected chi connectivity index (χ4v) is 1.21. The lowest BCUT2D eigenvalue weighted by atomic mass is 10.5. The average molecular weight is 197 g/mol. The van der Waals surface area contributed by atoms with Crippen LogP contribution in [0, 0.1) is 0 Å². The van der Waals surface area contributed by atoms with Gasteiger partial charge in [-0.2, -0.15) is 0 Å². The molecule has 14 heavy (non-hydrogen) atoms. The molecule has 2 N–H and O–H groups in total. The maximum absolute atomic E-state index is 10.7. The Labute approximate surface area is 82.8 Å². The number of imidazole rings is 1. The second-order valence-corrected chi connectivity index (χ2v) is 2.91. The molecule has 0 saturated heterocycles. The van der Waals surface area contributed by atoms with E-state index in [0.717, 1.165) is 18.9 Å². The molecule has 0 unspecified atom stereocenters. The molecule has 0 fully saturated rings. The van der Waals surface area contributed by atoms with Gasteiger partial charge in [-0.05, 0) is 13.5 Å². The zero-order valence-electron chi connectivity index (χ0n) is 8.45. The number of aromatic carboxylic acids is 1. The van der Waals surface area contributed by atoms with Crippen LogP contribution >= 0.6 is 0 Å². The van der Waals surface area contributed by atoms with Gasteiger partial charge < -0.3 is 15.0 Å². The highest BCUT2D eigenvalue weighted by molar-refractivity contribution is 5.85. The van der Waals surface area contributed by atoms with E-state index in [1.807, 2.05) is 18.4 Å². The summed E-state index contributed by atoms with van der Waals surface area (Å²) in [6, 6.07) is 0. The highest BCUT2D eigenvalue weighted by Gasteiger charge is 2.11. The molecule has 1 rings (SSSR count). The summed E-state index contributed by atoms with van der Waals surface area (Å²) in [4.78, 5) is 14.7. The zero-order valence-corrected chi connectivity index (χ0v) is 8.45. The predicted octanol–water partition coefficient (Wildman–Crippen LogP) is 0.711. The van der Waals surface area contributed by atoms with Gasteiger partial charge in [0.1, 0.15) is 5.82 Å². The second-order valence-electron chi connectivity index (χ2n) is 2.91. The average Bonchev–Trinajstić information content (AvgIpc) is 2.57. The molecule has 0 aliphatic heterocycles. The molecule has 5 heteroatoms. The van der Waals surface area contributed by atoms with Gasteiger partial charge in [-0.3, -0.25) is 0 Å². The summed E-state index contributed by atoms with van der Waals surface area (Å²) in [6.45, 7) is 6.15. The third kappa shape index (κ3) is 2.32. The maximum atomic E-state index is 10.7. The van der Waals surface area contributed by atoms with Crippen LogP contribution in [-0.4, -0.2) is 27.2 Å². The van der Waals surface area contributed by atoms with E-state index in [0.29, 0.717) is 6.54 Å².